The quantitative estimate of drug-likeness (QED) is 0.436. The van der Waals surface area contributed by atoms with Crippen LogP contribution in [0.4, 0.5) is 0 Å². The van der Waals surface area contributed by atoms with Gasteiger partial charge in [0.1, 0.15) is 0 Å². The fourth-order valence-corrected chi connectivity index (χ4v) is 1.82. The zero-order valence-electron chi connectivity index (χ0n) is 8.13. The second-order valence-electron chi connectivity index (χ2n) is 4.54. The average Bonchev–Trinajstić information content (AvgIpc) is 1.98. The Hall–Kier alpha value is -0.620. The maximum absolute atomic E-state index is 10.0. The van der Waals surface area contributed by atoms with E-state index in [2.05, 4.69) is 25.8 Å². The van der Waals surface area contributed by atoms with Gasteiger partial charge in [0.25, 0.3) is 0 Å². The molecule has 1 saturated carbocycles. The van der Waals surface area contributed by atoms with E-state index in [-0.39, 0.29) is 6.04 Å². The van der Waals surface area contributed by atoms with Crippen LogP contribution in [-0.2, 0) is 4.79 Å². The van der Waals surface area contributed by atoms with Gasteiger partial charge in [-0.05, 0) is 30.6 Å². The van der Waals surface area contributed by atoms with Crippen LogP contribution in [0.3, 0.4) is 0 Å². The van der Waals surface area contributed by atoms with Crippen molar-refractivity contribution in [3.63, 3.8) is 0 Å². The summed E-state index contributed by atoms with van der Waals surface area (Å²) in [5.74, 6) is 0.661. The number of carbonyl (C=O) groups excluding carboxylic acids is 1. The zero-order valence-corrected chi connectivity index (χ0v) is 8.13. The number of aliphatic imine (C=N–C) groups is 1. The SMILES string of the molecule is CC1CC(N=C=O)CCC1(C)C. The molecule has 0 bridgehead atoms. The molecule has 0 radical (unpaired) electrons. The van der Waals surface area contributed by atoms with E-state index in [9.17, 15) is 4.79 Å². The van der Waals surface area contributed by atoms with Gasteiger partial charge in [-0.2, -0.15) is 0 Å². The van der Waals surface area contributed by atoms with Crippen LogP contribution < -0.4 is 0 Å². The van der Waals surface area contributed by atoms with Gasteiger partial charge in [0, 0.05) is 0 Å². The van der Waals surface area contributed by atoms with E-state index in [1.165, 1.54) is 6.42 Å². The lowest BCUT2D eigenvalue weighted by atomic mass is 9.68. The van der Waals surface area contributed by atoms with E-state index < -0.39 is 0 Å². The summed E-state index contributed by atoms with van der Waals surface area (Å²) < 4.78 is 0. The first-order valence-corrected chi connectivity index (χ1v) is 4.63. The summed E-state index contributed by atoms with van der Waals surface area (Å²) >= 11 is 0. The fourth-order valence-electron chi connectivity index (χ4n) is 1.82. The summed E-state index contributed by atoms with van der Waals surface area (Å²) in [5, 5.41) is 0. The van der Waals surface area contributed by atoms with Crippen LogP contribution in [0, 0.1) is 11.3 Å². The molecule has 1 aliphatic rings. The van der Waals surface area contributed by atoms with E-state index in [1.54, 1.807) is 6.08 Å². The Morgan fingerprint density at radius 1 is 1.50 bits per heavy atom. The van der Waals surface area contributed by atoms with Crippen LogP contribution in [0.15, 0.2) is 4.99 Å². The van der Waals surface area contributed by atoms with Crippen molar-refractivity contribution in [1.29, 1.82) is 0 Å². The van der Waals surface area contributed by atoms with Crippen LogP contribution >= 0.6 is 0 Å². The third kappa shape index (κ3) is 1.95. The maximum atomic E-state index is 10.0. The summed E-state index contributed by atoms with van der Waals surface area (Å²) in [7, 11) is 0. The predicted molar refractivity (Wildman–Crippen MR) is 48.7 cm³/mol. The Morgan fingerprint density at radius 3 is 2.67 bits per heavy atom. The summed E-state index contributed by atoms with van der Waals surface area (Å²) in [6, 6.07) is 0.241. The molecule has 1 fully saturated rings. The van der Waals surface area contributed by atoms with Crippen LogP contribution in [-0.4, -0.2) is 12.1 Å². The van der Waals surface area contributed by atoms with E-state index in [0.29, 0.717) is 11.3 Å². The third-order valence-corrected chi connectivity index (χ3v) is 3.32. The molecule has 1 rings (SSSR count). The molecule has 0 N–H and O–H groups in total. The lowest BCUT2D eigenvalue weighted by Gasteiger charge is -2.38. The summed E-state index contributed by atoms with van der Waals surface area (Å²) in [5.41, 5.74) is 0.426. The Balaban J connectivity index is 2.57. The predicted octanol–water partition coefficient (Wildman–Crippen LogP) is 2.54. The molecule has 12 heavy (non-hydrogen) atoms. The topological polar surface area (TPSA) is 29.4 Å². The Bertz CT molecular complexity index is 204. The lowest BCUT2D eigenvalue weighted by Crippen LogP contribution is -2.31. The molecule has 2 atom stereocenters. The van der Waals surface area contributed by atoms with Crippen molar-refractivity contribution in [2.45, 2.75) is 46.1 Å². The van der Waals surface area contributed by atoms with E-state index >= 15 is 0 Å². The average molecular weight is 167 g/mol. The molecule has 0 amide bonds. The first-order valence-electron chi connectivity index (χ1n) is 4.63. The highest BCUT2D eigenvalue weighted by Gasteiger charge is 2.33. The van der Waals surface area contributed by atoms with E-state index in [1.807, 2.05) is 0 Å². The van der Waals surface area contributed by atoms with Gasteiger partial charge in [0.05, 0.1) is 6.04 Å². The first kappa shape index (κ1) is 9.47. The van der Waals surface area contributed by atoms with Gasteiger partial charge in [-0.1, -0.05) is 20.8 Å². The van der Waals surface area contributed by atoms with Crippen molar-refractivity contribution < 1.29 is 4.79 Å². The summed E-state index contributed by atoms with van der Waals surface area (Å²) in [6.45, 7) is 6.82. The monoisotopic (exact) mass is 167 g/mol. The lowest BCUT2D eigenvalue weighted by molar-refractivity contribution is 0.140. The minimum absolute atomic E-state index is 0.241. The standard InChI is InChI=1S/C10H17NO/c1-8-6-9(11-7-12)4-5-10(8,2)3/h8-9H,4-6H2,1-3H3. The molecular formula is C10H17NO. The van der Waals surface area contributed by atoms with E-state index in [0.717, 1.165) is 12.8 Å². The van der Waals surface area contributed by atoms with Crippen LogP contribution in [0.1, 0.15) is 40.0 Å². The molecule has 1 aliphatic carbocycles. The molecule has 2 unspecified atom stereocenters. The minimum Gasteiger partial charge on any atom is -0.211 e. The summed E-state index contributed by atoms with van der Waals surface area (Å²) in [4.78, 5) is 13.8. The van der Waals surface area contributed by atoms with Crippen molar-refractivity contribution >= 4 is 6.08 Å². The Kier molecular flexibility index (Phi) is 2.69. The highest BCUT2D eigenvalue weighted by atomic mass is 16.1. The summed E-state index contributed by atoms with van der Waals surface area (Å²) in [6.07, 6.45) is 4.92. The second kappa shape index (κ2) is 3.40. The molecule has 0 aromatic carbocycles. The molecule has 0 saturated heterocycles. The largest absolute Gasteiger partial charge is 0.235 e. The second-order valence-corrected chi connectivity index (χ2v) is 4.54. The number of hydrogen-bond acceptors (Lipinski definition) is 2. The van der Waals surface area contributed by atoms with Crippen molar-refractivity contribution in [3.8, 4) is 0 Å². The molecule has 2 nitrogen and oxygen atoms in total. The molecule has 68 valence electrons. The molecule has 2 heteroatoms. The highest BCUT2D eigenvalue weighted by molar-refractivity contribution is 5.33. The highest BCUT2D eigenvalue weighted by Crippen LogP contribution is 2.40. The van der Waals surface area contributed by atoms with Gasteiger partial charge >= 0.3 is 0 Å². The minimum atomic E-state index is 0.241. The van der Waals surface area contributed by atoms with Gasteiger partial charge in [0.15, 0.2) is 0 Å². The molecule has 0 heterocycles. The normalized spacial score (nSPS) is 33.9. The number of nitrogens with zero attached hydrogens (tertiary/aromatic N) is 1. The smallest absolute Gasteiger partial charge is 0.211 e. The van der Waals surface area contributed by atoms with Gasteiger partial charge in [0.2, 0.25) is 6.08 Å². The molecular weight excluding hydrogens is 150 g/mol. The Morgan fingerprint density at radius 2 is 2.17 bits per heavy atom. The third-order valence-electron chi connectivity index (χ3n) is 3.32. The van der Waals surface area contributed by atoms with Gasteiger partial charge in [-0.3, -0.25) is 0 Å². The van der Waals surface area contributed by atoms with Gasteiger partial charge in [-0.25, -0.2) is 9.79 Å². The van der Waals surface area contributed by atoms with Crippen molar-refractivity contribution in [2.24, 2.45) is 16.3 Å². The maximum Gasteiger partial charge on any atom is 0.235 e. The van der Waals surface area contributed by atoms with Crippen LogP contribution in [0.25, 0.3) is 0 Å². The molecule has 0 spiro atoms. The number of isocyanates is 1. The zero-order chi connectivity index (χ0) is 9.19. The number of hydrogen-bond donors (Lipinski definition) is 0. The van der Waals surface area contributed by atoms with Gasteiger partial charge < -0.3 is 0 Å². The van der Waals surface area contributed by atoms with Crippen molar-refractivity contribution in [1.82, 2.24) is 0 Å². The Labute approximate surface area is 74.1 Å². The molecule has 0 aliphatic heterocycles. The number of rotatable bonds is 1. The van der Waals surface area contributed by atoms with Crippen LogP contribution in [0.5, 0.6) is 0 Å². The fraction of sp³-hybridized carbons (Fsp3) is 0.900. The van der Waals surface area contributed by atoms with Gasteiger partial charge in [-0.15, -0.1) is 0 Å². The van der Waals surface area contributed by atoms with Crippen molar-refractivity contribution in [3.05, 3.63) is 0 Å². The van der Waals surface area contributed by atoms with E-state index in [4.69, 9.17) is 0 Å². The molecule has 0 aromatic rings. The first-order chi connectivity index (χ1) is 5.56. The molecule has 0 aromatic heterocycles. The van der Waals surface area contributed by atoms with Crippen molar-refractivity contribution in [2.75, 3.05) is 0 Å². The van der Waals surface area contributed by atoms with Crippen LogP contribution in [0.2, 0.25) is 0 Å².